The van der Waals surface area contributed by atoms with Crippen LogP contribution in [0.15, 0.2) is 4.48 Å². The quantitative estimate of drug-likeness (QED) is 0.580. The molecule has 0 aromatic rings. The fourth-order valence-corrected chi connectivity index (χ4v) is 1.00. The zero-order valence-electron chi connectivity index (χ0n) is 5.99. The maximum atomic E-state index is 5.41. The van der Waals surface area contributed by atoms with E-state index in [1.807, 2.05) is 0 Å². The van der Waals surface area contributed by atoms with Gasteiger partial charge in [0.1, 0.15) is 0 Å². The van der Waals surface area contributed by atoms with E-state index in [4.69, 9.17) is 6.58 Å². The minimum Gasteiger partial charge on any atom is -0.0654 e. The molecule has 0 aliphatic carbocycles. The summed E-state index contributed by atoms with van der Waals surface area (Å²) in [5.41, 5.74) is 0. The smallest absolute Gasteiger partial charge is 0.00491 e. The van der Waals surface area contributed by atoms with Crippen LogP contribution in [0.3, 0.4) is 0 Å². The van der Waals surface area contributed by atoms with Gasteiger partial charge in [0, 0.05) is 0 Å². The lowest BCUT2D eigenvalue weighted by Gasteiger charge is -1.95. The van der Waals surface area contributed by atoms with E-state index in [0.717, 1.165) is 10.9 Å². The van der Waals surface area contributed by atoms with E-state index in [0.29, 0.717) is 0 Å². The number of rotatable bonds is 5. The van der Waals surface area contributed by atoms with Crippen LogP contribution >= 0.6 is 15.9 Å². The molecule has 0 N–H and O–H groups in total. The monoisotopic (exact) mass is 189 g/mol. The Labute approximate surface area is 66.5 Å². The van der Waals surface area contributed by atoms with Gasteiger partial charge in [-0.2, -0.15) is 0 Å². The maximum absolute atomic E-state index is 5.41. The van der Waals surface area contributed by atoms with Crippen molar-refractivity contribution in [3.8, 4) is 0 Å². The van der Waals surface area contributed by atoms with Crippen molar-refractivity contribution in [1.29, 1.82) is 0 Å². The summed E-state index contributed by atoms with van der Waals surface area (Å²) in [4.78, 5) is 0. The van der Waals surface area contributed by atoms with Crippen molar-refractivity contribution in [3.05, 3.63) is 11.1 Å². The van der Waals surface area contributed by atoms with Crippen molar-refractivity contribution in [3.63, 3.8) is 0 Å². The summed E-state index contributed by atoms with van der Waals surface area (Å²) in [6, 6.07) is 0. The normalized spacial score (nSPS) is 9.56. The lowest BCUT2D eigenvalue weighted by Crippen LogP contribution is -1.75. The first-order valence-corrected chi connectivity index (χ1v) is 4.33. The molecule has 0 saturated carbocycles. The molecule has 0 saturated heterocycles. The van der Waals surface area contributed by atoms with Gasteiger partial charge in [-0.05, 0) is 17.3 Å². The predicted octanol–water partition coefficient (Wildman–Crippen LogP) is 3.67. The number of hydrogen-bond acceptors (Lipinski definition) is 0. The van der Waals surface area contributed by atoms with Crippen molar-refractivity contribution >= 4 is 15.9 Å². The Morgan fingerprint density at radius 3 is 2.44 bits per heavy atom. The van der Waals surface area contributed by atoms with Crippen LogP contribution in [0.5, 0.6) is 0 Å². The van der Waals surface area contributed by atoms with Crippen LogP contribution in [0.2, 0.25) is 0 Å². The molecule has 0 atom stereocenters. The molecule has 0 unspecified atom stereocenters. The van der Waals surface area contributed by atoms with E-state index < -0.39 is 0 Å². The lowest BCUT2D eigenvalue weighted by molar-refractivity contribution is 0.673. The second-order valence-corrected chi connectivity index (χ2v) is 3.28. The summed E-state index contributed by atoms with van der Waals surface area (Å²) in [5.74, 6) is 0. The molecule has 1 heteroatoms. The summed E-state index contributed by atoms with van der Waals surface area (Å²) in [5, 5.41) is 0. The summed E-state index contributed by atoms with van der Waals surface area (Å²) < 4.78 is 0.888. The van der Waals surface area contributed by atoms with Crippen molar-refractivity contribution in [2.75, 3.05) is 0 Å². The Kier molecular flexibility index (Phi) is 6.50. The molecule has 0 aromatic carbocycles. The highest BCUT2D eigenvalue weighted by Gasteiger charge is 1.88. The molecule has 0 aromatic heterocycles. The molecular formula is C8H14Br. The van der Waals surface area contributed by atoms with Gasteiger partial charge >= 0.3 is 0 Å². The molecule has 0 fully saturated rings. The Bertz CT molecular complexity index is 76.6. The maximum Gasteiger partial charge on any atom is -0.00491 e. The number of halogens is 1. The average molecular weight is 190 g/mol. The summed E-state index contributed by atoms with van der Waals surface area (Å²) in [6.45, 7) is 7.62. The molecule has 0 amide bonds. The second-order valence-electron chi connectivity index (χ2n) is 2.26. The van der Waals surface area contributed by atoms with Gasteiger partial charge in [0.2, 0.25) is 0 Å². The molecule has 0 spiro atoms. The van der Waals surface area contributed by atoms with Gasteiger partial charge < -0.3 is 0 Å². The van der Waals surface area contributed by atoms with Gasteiger partial charge in [-0.1, -0.05) is 48.7 Å². The van der Waals surface area contributed by atoms with Crippen molar-refractivity contribution < 1.29 is 0 Å². The molecule has 0 aliphatic heterocycles. The third-order valence-corrected chi connectivity index (χ3v) is 1.67. The van der Waals surface area contributed by atoms with Crippen LogP contribution in [-0.4, -0.2) is 0 Å². The topological polar surface area (TPSA) is 0 Å². The highest BCUT2D eigenvalue weighted by Crippen LogP contribution is 2.12. The molecule has 0 nitrogen and oxygen atoms in total. The molecule has 0 rings (SSSR count). The van der Waals surface area contributed by atoms with E-state index in [9.17, 15) is 0 Å². The second kappa shape index (κ2) is 6.34. The van der Waals surface area contributed by atoms with E-state index in [1.165, 1.54) is 25.7 Å². The van der Waals surface area contributed by atoms with Crippen LogP contribution < -0.4 is 0 Å². The molecule has 0 heterocycles. The van der Waals surface area contributed by atoms with Crippen LogP contribution in [0.4, 0.5) is 0 Å². The minimum atomic E-state index is 0.888. The zero-order valence-corrected chi connectivity index (χ0v) is 7.58. The van der Waals surface area contributed by atoms with Gasteiger partial charge in [-0.25, -0.2) is 0 Å². The van der Waals surface area contributed by atoms with Crippen molar-refractivity contribution in [2.24, 2.45) is 0 Å². The Balaban J connectivity index is 2.83. The highest BCUT2D eigenvalue weighted by molar-refractivity contribution is 9.11. The van der Waals surface area contributed by atoms with Gasteiger partial charge in [0.15, 0.2) is 0 Å². The van der Waals surface area contributed by atoms with E-state index in [2.05, 4.69) is 22.9 Å². The molecule has 1 radical (unpaired) electrons. The third-order valence-electron chi connectivity index (χ3n) is 1.27. The van der Waals surface area contributed by atoms with Gasteiger partial charge in [-0.15, -0.1) is 0 Å². The Hall–Kier alpha value is 0.220. The molecular weight excluding hydrogens is 176 g/mol. The van der Waals surface area contributed by atoms with Crippen molar-refractivity contribution in [1.82, 2.24) is 0 Å². The largest absolute Gasteiger partial charge is 0.0654 e. The molecule has 9 heavy (non-hydrogen) atoms. The Morgan fingerprint density at radius 2 is 2.00 bits per heavy atom. The van der Waals surface area contributed by atoms with E-state index >= 15 is 0 Å². The number of hydrogen-bond donors (Lipinski definition) is 0. The van der Waals surface area contributed by atoms with Gasteiger partial charge in [-0.3, -0.25) is 0 Å². The fraction of sp³-hybridized carbons (Fsp3) is 0.750. The minimum absolute atomic E-state index is 0.888. The van der Waals surface area contributed by atoms with E-state index in [-0.39, 0.29) is 0 Å². The molecule has 53 valence electrons. The van der Waals surface area contributed by atoms with Crippen LogP contribution in [0.1, 0.15) is 39.0 Å². The summed E-state index contributed by atoms with van der Waals surface area (Å²) in [6.07, 6.45) is 6.19. The van der Waals surface area contributed by atoms with Crippen LogP contribution in [0, 0.1) is 6.58 Å². The summed E-state index contributed by atoms with van der Waals surface area (Å²) >= 11 is 3.22. The van der Waals surface area contributed by atoms with Gasteiger partial charge in [0.05, 0.1) is 0 Å². The van der Waals surface area contributed by atoms with E-state index in [1.54, 1.807) is 0 Å². The van der Waals surface area contributed by atoms with Crippen molar-refractivity contribution in [2.45, 2.75) is 39.0 Å². The number of allylic oxidation sites excluding steroid dienone is 1. The first-order valence-electron chi connectivity index (χ1n) is 3.54. The third kappa shape index (κ3) is 8.22. The number of unbranched alkanes of at least 4 members (excludes halogenated alkanes) is 3. The lowest BCUT2D eigenvalue weighted by atomic mass is 10.2. The first kappa shape index (κ1) is 9.22. The van der Waals surface area contributed by atoms with Crippen LogP contribution in [0.25, 0.3) is 0 Å². The zero-order chi connectivity index (χ0) is 7.11. The fourth-order valence-electron chi connectivity index (χ4n) is 0.721. The standard InChI is InChI=1S/C8H14Br/c1-3-4-5-6-7-8(2)9/h2H,3-7H2,1H3. The Morgan fingerprint density at radius 1 is 1.33 bits per heavy atom. The SMILES string of the molecule is [CH]=C(Br)CCCCCC. The molecule has 0 aliphatic rings. The predicted molar refractivity (Wildman–Crippen MR) is 45.5 cm³/mol. The van der Waals surface area contributed by atoms with Crippen LogP contribution in [-0.2, 0) is 0 Å². The van der Waals surface area contributed by atoms with Gasteiger partial charge in [0.25, 0.3) is 0 Å². The molecule has 0 bridgehead atoms. The highest BCUT2D eigenvalue weighted by atomic mass is 79.9. The first-order chi connectivity index (χ1) is 4.27. The average Bonchev–Trinajstić information content (AvgIpc) is 1.80. The summed E-state index contributed by atoms with van der Waals surface area (Å²) in [7, 11) is 0.